The molecular weight excluding hydrogens is 300 g/mol. The first-order chi connectivity index (χ1) is 10.3. The fraction of sp³-hybridized carbons (Fsp3) is 0.938. The maximum absolute atomic E-state index is 12.4. The number of piperidine rings is 1. The third kappa shape index (κ3) is 3.32. The summed E-state index contributed by atoms with van der Waals surface area (Å²) in [5.74, 6) is 2.46. The summed E-state index contributed by atoms with van der Waals surface area (Å²) >= 11 is 0. The Kier molecular flexibility index (Phi) is 4.52. The molecule has 1 heterocycles. The largest absolute Gasteiger partial charge is 0.353 e. The van der Waals surface area contributed by atoms with Crippen LogP contribution in [-0.4, -0.2) is 44.0 Å². The van der Waals surface area contributed by atoms with Crippen molar-refractivity contribution < 1.29 is 13.2 Å². The maximum atomic E-state index is 12.4. The molecule has 0 aromatic heterocycles. The number of hydrogen-bond acceptors (Lipinski definition) is 3. The molecule has 1 N–H and O–H groups in total. The van der Waals surface area contributed by atoms with Gasteiger partial charge in [-0.3, -0.25) is 4.79 Å². The minimum Gasteiger partial charge on any atom is -0.353 e. The van der Waals surface area contributed by atoms with Gasteiger partial charge in [0.25, 0.3) is 0 Å². The van der Waals surface area contributed by atoms with E-state index in [0.717, 1.165) is 11.8 Å². The van der Waals surface area contributed by atoms with Crippen molar-refractivity contribution in [3.63, 3.8) is 0 Å². The number of carbonyl (C=O) groups is 1. The molecule has 6 heteroatoms. The van der Waals surface area contributed by atoms with Gasteiger partial charge in [0.2, 0.25) is 15.9 Å². The van der Waals surface area contributed by atoms with Crippen molar-refractivity contribution in [3.05, 3.63) is 0 Å². The Morgan fingerprint density at radius 1 is 1.14 bits per heavy atom. The number of rotatable bonds is 4. The number of nitrogens with zero attached hydrogens (tertiary/aromatic N) is 1. The highest BCUT2D eigenvalue weighted by atomic mass is 32.2. The number of amides is 1. The SMILES string of the molecule is C[C@@H](NC(=O)C1CCN(S(C)(=O)=O)CC1)[C@H]1C[C@@H]2CC[C@@H]1C2. The van der Waals surface area contributed by atoms with E-state index in [4.69, 9.17) is 0 Å². The fourth-order valence-electron chi connectivity index (χ4n) is 4.81. The Morgan fingerprint density at radius 2 is 1.82 bits per heavy atom. The molecule has 0 aromatic rings. The lowest BCUT2D eigenvalue weighted by atomic mass is 9.83. The van der Waals surface area contributed by atoms with Gasteiger partial charge in [0.15, 0.2) is 0 Å². The van der Waals surface area contributed by atoms with Gasteiger partial charge in [0.1, 0.15) is 0 Å². The van der Waals surface area contributed by atoms with E-state index in [0.29, 0.717) is 31.8 Å². The van der Waals surface area contributed by atoms with E-state index >= 15 is 0 Å². The van der Waals surface area contributed by atoms with Gasteiger partial charge in [-0.15, -0.1) is 0 Å². The van der Waals surface area contributed by atoms with Gasteiger partial charge >= 0.3 is 0 Å². The molecular formula is C16H28N2O3S. The molecule has 126 valence electrons. The Labute approximate surface area is 133 Å². The average Bonchev–Trinajstić information content (AvgIpc) is 3.09. The third-order valence-electron chi connectivity index (χ3n) is 6.10. The van der Waals surface area contributed by atoms with Crippen molar-refractivity contribution in [2.45, 2.75) is 51.5 Å². The highest BCUT2D eigenvalue weighted by Gasteiger charge is 2.42. The molecule has 1 aliphatic heterocycles. The molecule has 2 bridgehead atoms. The first-order valence-electron chi connectivity index (χ1n) is 8.60. The molecule has 0 spiro atoms. The molecule has 3 aliphatic rings. The summed E-state index contributed by atoms with van der Waals surface area (Å²) in [6, 6.07) is 0.260. The van der Waals surface area contributed by atoms with Crippen LogP contribution in [0.5, 0.6) is 0 Å². The molecule has 0 radical (unpaired) electrons. The number of carbonyl (C=O) groups excluding carboxylic acids is 1. The zero-order valence-corrected chi connectivity index (χ0v) is 14.4. The zero-order chi connectivity index (χ0) is 15.9. The van der Waals surface area contributed by atoms with Gasteiger partial charge in [-0.25, -0.2) is 12.7 Å². The van der Waals surface area contributed by atoms with Crippen LogP contribution in [0, 0.1) is 23.7 Å². The fourth-order valence-corrected chi connectivity index (χ4v) is 5.68. The molecule has 2 saturated carbocycles. The van der Waals surface area contributed by atoms with Gasteiger partial charge < -0.3 is 5.32 Å². The molecule has 1 saturated heterocycles. The second-order valence-electron chi connectivity index (χ2n) is 7.57. The van der Waals surface area contributed by atoms with Crippen molar-refractivity contribution >= 4 is 15.9 Å². The minimum absolute atomic E-state index is 0.0287. The van der Waals surface area contributed by atoms with Gasteiger partial charge in [0, 0.05) is 25.0 Å². The molecule has 3 rings (SSSR count). The lowest BCUT2D eigenvalue weighted by Crippen LogP contribution is -2.46. The van der Waals surface area contributed by atoms with E-state index in [2.05, 4.69) is 12.2 Å². The van der Waals surface area contributed by atoms with E-state index < -0.39 is 10.0 Å². The smallest absolute Gasteiger partial charge is 0.223 e. The molecule has 4 atom stereocenters. The summed E-state index contributed by atoms with van der Waals surface area (Å²) in [7, 11) is -3.12. The number of sulfonamides is 1. The van der Waals surface area contributed by atoms with Crippen LogP contribution in [-0.2, 0) is 14.8 Å². The summed E-state index contributed by atoms with van der Waals surface area (Å²) in [5, 5.41) is 3.22. The van der Waals surface area contributed by atoms with Crippen LogP contribution in [0.25, 0.3) is 0 Å². The maximum Gasteiger partial charge on any atom is 0.223 e. The number of nitrogens with one attached hydrogen (secondary N) is 1. The van der Waals surface area contributed by atoms with Crippen LogP contribution in [0.2, 0.25) is 0 Å². The van der Waals surface area contributed by atoms with Crippen LogP contribution >= 0.6 is 0 Å². The summed E-state index contributed by atoms with van der Waals surface area (Å²) < 4.78 is 24.5. The lowest BCUT2D eigenvalue weighted by Gasteiger charge is -2.32. The van der Waals surface area contributed by atoms with Crippen molar-refractivity contribution in [2.75, 3.05) is 19.3 Å². The van der Waals surface area contributed by atoms with Crippen LogP contribution in [0.3, 0.4) is 0 Å². The normalized spacial score (nSPS) is 34.7. The molecule has 0 unspecified atom stereocenters. The highest BCUT2D eigenvalue weighted by molar-refractivity contribution is 7.88. The molecule has 22 heavy (non-hydrogen) atoms. The molecule has 5 nitrogen and oxygen atoms in total. The van der Waals surface area contributed by atoms with Crippen LogP contribution < -0.4 is 5.32 Å². The first-order valence-corrected chi connectivity index (χ1v) is 10.4. The van der Waals surface area contributed by atoms with Crippen LogP contribution in [0.15, 0.2) is 0 Å². The van der Waals surface area contributed by atoms with Gasteiger partial charge in [0.05, 0.1) is 6.26 Å². The first kappa shape index (κ1) is 16.2. The van der Waals surface area contributed by atoms with E-state index in [9.17, 15) is 13.2 Å². The number of hydrogen-bond donors (Lipinski definition) is 1. The molecule has 0 aromatic carbocycles. The third-order valence-corrected chi connectivity index (χ3v) is 7.40. The van der Waals surface area contributed by atoms with E-state index in [1.807, 2.05) is 0 Å². The lowest BCUT2D eigenvalue weighted by molar-refractivity contribution is -0.127. The summed E-state index contributed by atoms with van der Waals surface area (Å²) in [6.07, 6.45) is 7.87. The molecule has 2 aliphatic carbocycles. The highest BCUT2D eigenvalue weighted by Crippen LogP contribution is 2.49. The van der Waals surface area contributed by atoms with Gasteiger partial charge in [-0.2, -0.15) is 0 Å². The standard InChI is InChI=1S/C16H28N2O3S/c1-11(15-10-12-3-4-14(15)9-12)17-16(19)13-5-7-18(8-6-13)22(2,20)21/h11-15H,3-10H2,1-2H3,(H,17,19)/t11-,12-,14-,15-/m1/s1. The van der Waals surface area contributed by atoms with E-state index in [-0.39, 0.29) is 17.9 Å². The van der Waals surface area contributed by atoms with Crippen LogP contribution in [0.1, 0.15) is 45.4 Å². The van der Waals surface area contributed by atoms with Gasteiger partial charge in [-0.1, -0.05) is 6.42 Å². The topological polar surface area (TPSA) is 66.5 Å². The van der Waals surface area contributed by atoms with Gasteiger partial charge in [-0.05, 0) is 56.8 Å². The Balaban J connectivity index is 1.48. The molecule has 3 fully saturated rings. The van der Waals surface area contributed by atoms with E-state index in [1.54, 1.807) is 0 Å². The second kappa shape index (κ2) is 6.11. The van der Waals surface area contributed by atoms with Crippen molar-refractivity contribution in [1.82, 2.24) is 9.62 Å². The Morgan fingerprint density at radius 3 is 2.32 bits per heavy atom. The van der Waals surface area contributed by atoms with Crippen molar-refractivity contribution in [3.8, 4) is 0 Å². The predicted molar refractivity (Wildman–Crippen MR) is 85.7 cm³/mol. The zero-order valence-electron chi connectivity index (χ0n) is 13.6. The van der Waals surface area contributed by atoms with Crippen LogP contribution in [0.4, 0.5) is 0 Å². The minimum atomic E-state index is -3.12. The summed E-state index contributed by atoms with van der Waals surface area (Å²) in [4.78, 5) is 12.4. The Hall–Kier alpha value is -0.620. The van der Waals surface area contributed by atoms with Crippen molar-refractivity contribution in [1.29, 1.82) is 0 Å². The average molecular weight is 328 g/mol. The Bertz CT molecular complexity index is 526. The quantitative estimate of drug-likeness (QED) is 0.852. The number of fused-ring (bicyclic) bond motifs is 2. The molecule has 1 amide bonds. The second-order valence-corrected chi connectivity index (χ2v) is 9.55. The summed E-state index contributed by atoms with van der Waals surface area (Å²) in [5.41, 5.74) is 0. The summed E-state index contributed by atoms with van der Waals surface area (Å²) in [6.45, 7) is 3.09. The predicted octanol–water partition coefficient (Wildman–Crippen LogP) is 1.60. The van der Waals surface area contributed by atoms with Crippen molar-refractivity contribution in [2.24, 2.45) is 23.7 Å². The monoisotopic (exact) mass is 328 g/mol. The van der Waals surface area contributed by atoms with E-state index in [1.165, 1.54) is 36.2 Å².